The van der Waals surface area contributed by atoms with Crippen LogP contribution in [-0.4, -0.2) is 57.9 Å². The zero-order valence-corrected chi connectivity index (χ0v) is 23.4. The third-order valence-electron chi connectivity index (χ3n) is 7.75. The summed E-state index contributed by atoms with van der Waals surface area (Å²) in [6, 6.07) is 25.6. The van der Waals surface area contributed by atoms with Gasteiger partial charge >= 0.3 is 5.97 Å². The van der Waals surface area contributed by atoms with E-state index in [0.717, 1.165) is 16.8 Å². The van der Waals surface area contributed by atoms with E-state index in [1.807, 2.05) is 54.6 Å². The minimum atomic E-state index is -0.937. The topological polar surface area (TPSA) is 129 Å². The SMILES string of the molecule is CN(C(=O)Cc1ccc2nc(Nc3cccnc3)oc2c1)c1ccc(C2CN(C(=O)c3ccccc3)CC2C(=O)O)cc1. The molecule has 10 heteroatoms. The van der Waals surface area contributed by atoms with E-state index >= 15 is 0 Å². The van der Waals surface area contributed by atoms with Gasteiger partial charge in [0.25, 0.3) is 11.9 Å². The van der Waals surface area contributed by atoms with Crippen LogP contribution in [0.1, 0.15) is 27.4 Å². The average Bonchev–Trinajstić information content (AvgIpc) is 3.66. The van der Waals surface area contributed by atoms with Gasteiger partial charge in [-0.3, -0.25) is 19.4 Å². The number of oxazole rings is 1. The summed E-state index contributed by atoms with van der Waals surface area (Å²) in [5, 5.41) is 13.0. The number of nitrogens with one attached hydrogen (secondary N) is 1. The van der Waals surface area contributed by atoms with E-state index in [1.165, 1.54) is 0 Å². The fourth-order valence-electron chi connectivity index (χ4n) is 5.40. The molecule has 1 aliphatic heterocycles. The quantitative estimate of drug-likeness (QED) is 0.261. The number of aliphatic carboxylic acids is 1. The largest absolute Gasteiger partial charge is 0.481 e. The number of likely N-dealkylation sites (tertiary alicyclic amines) is 1. The third kappa shape index (κ3) is 5.94. The molecule has 0 aliphatic carbocycles. The summed E-state index contributed by atoms with van der Waals surface area (Å²) in [7, 11) is 1.70. The fourth-order valence-corrected chi connectivity index (χ4v) is 5.40. The second-order valence-electron chi connectivity index (χ2n) is 10.5. The molecule has 1 saturated heterocycles. The van der Waals surface area contributed by atoms with Gasteiger partial charge in [-0.05, 0) is 59.7 Å². The summed E-state index contributed by atoms with van der Waals surface area (Å²) < 4.78 is 5.83. The summed E-state index contributed by atoms with van der Waals surface area (Å²) in [4.78, 5) is 49.9. The van der Waals surface area contributed by atoms with E-state index in [2.05, 4.69) is 15.3 Å². The molecule has 1 fully saturated rings. The van der Waals surface area contributed by atoms with Gasteiger partial charge in [0.05, 0.1) is 24.2 Å². The van der Waals surface area contributed by atoms with Gasteiger partial charge < -0.3 is 24.6 Å². The molecule has 2 atom stereocenters. The van der Waals surface area contributed by atoms with E-state index in [-0.39, 0.29) is 30.7 Å². The number of hydrogen-bond acceptors (Lipinski definition) is 7. The molecule has 2 aromatic heterocycles. The number of likely N-dealkylation sites (N-methyl/N-ethyl adjacent to an activating group) is 1. The number of pyridine rings is 1. The summed E-state index contributed by atoms with van der Waals surface area (Å²) in [5.41, 5.74) is 4.79. The number of carboxylic acid groups (broad SMARTS) is 1. The second-order valence-corrected chi connectivity index (χ2v) is 10.5. The van der Waals surface area contributed by atoms with Crippen LogP contribution < -0.4 is 10.2 Å². The first-order chi connectivity index (χ1) is 20.9. The van der Waals surface area contributed by atoms with Crippen LogP contribution in [0, 0.1) is 5.92 Å². The third-order valence-corrected chi connectivity index (χ3v) is 7.75. The van der Waals surface area contributed by atoms with Gasteiger partial charge in [0.2, 0.25) is 5.91 Å². The van der Waals surface area contributed by atoms with Gasteiger partial charge in [-0.1, -0.05) is 36.4 Å². The van der Waals surface area contributed by atoms with Crippen LogP contribution in [-0.2, 0) is 16.0 Å². The standard InChI is InChI=1S/C33H29N5O5/c1-37(30(39)17-21-9-14-28-29(16-21)43-33(36-28)35-24-8-5-15-34-18-24)25-12-10-22(11-13-25)26-19-38(20-27(26)32(41)42)31(40)23-6-3-2-4-7-23/h2-16,18,26-27H,17,19-20H2,1H3,(H,35,36)(H,41,42). The van der Waals surface area contributed by atoms with Crippen molar-refractivity contribution in [3.05, 3.63) is 114 Å². The number of carboxylic acids is 1. The highest BCUT2D eigenvalue weighted by Gasteiger charge is 2.40. The van der Waals surface area contributed by atoms with Crippen molar-refractivity contribution < 1.29 is 23.9 Å². The Morgan fingerprint density at radius 3 is 2.51 bits per heavy atom. The lowest BCUT2D eigenvalue weighted by Gasteiger charge is -2.20. The van der Waals surface area contributed by atoms with E-state index < -0.39 is 11.9 Å². The Bertz CT molecular complexity index is 1770. The predicted molar refractivity (Wildman–Crippen MR) is 161 cm³/mol. The molecule has 10 nitrogen and oxygen atoms in total. The molecule has 43 heavy (non-hydrogen) atoms. The lowest BCUT2D eigenvalue weighted by atomic mass is 9.89. The average molecular weight is 576 g/mol. The van der Waals surface area contributed by atoms with Crippen LogP contribution in [0.15, 0.2) is 102 Å². The highest BCUT2D eigenvalue weighted by molar-refractivity contribution is 5.95. The minimum Gasteiger partial charge on any atom is -0.481 e. The van der Waals surface area contributed by atoms with Crippen molar-refractivity contribution >= 4 is 46.3 Å². The summed E-state index contributed by atoms with van der Waals surface area (Å²) in [6.45, 7) is 0.451. The van der Waals surface area contributed by atoms with E-state index in [9.17, 15) is 19.5 Å². The molecule has 2 unspecified atom stereocenters. The van der Waals surface area contributed by atoms with Crippen molar-refractivity contribution in [3.63, 3.8) is 0 Å². The Morgan fingerprint density at radius 1 is 1.00 bits per heavy atom. The molecule has 2 amide bonds. The van der Waals surface area contributed by atoms with Gasteiger partial charge in [0.15, 0.2) is 5.58 Å². The van der Waals surface area contributed by atoms with Crippen LogP contribution in [0.3, 0.4) is 0 Å². The van der Waals surface area contributed by atoms with Crippen LogP contribution in [0.25, 0.3) is 11.1 Å². The molecular formula is C33H29N5O5. The lowest BCUT2D eigenvalue weighted by molar-refractivity contribution is -0.141. The van der Waals surface area contributed by atoms with Crippen molar-refractivity contribution in [3.8, 4) is 0 Å². The Labute approximate surface area is 247 Å². The van der Waals surface area contributed by atoms with Crippen molar-refractivity contribution in [1.29, 1.82) is 0 Å². The Kier molecular flexibility index (Phi) is 7.57. The zero-order valence-electron chi connectivity index (χ0n) is 23.4. The molecule has 1 aliphatic rings. The van der Waals surface area contributed by atoms with E-state index in [0.29, 0.717) is 34.9 Å². The highest BCUT2D eigenvalue weighted by Crippen LogP contribution is 2.35. The molecule has 0 radical (unpaired) electrons. The fraction of sp³-hybridized carbons (Fsp3) is 0.182. The summed E-state index contributed by atoms with van der Waals surface area (Å²) in [5.74, 6) is -2.31. The maximum Gasteiger partial charge on any atom is 0.308 e. The summed E-state index contributed by atoms with van der Waals surface area (Å²) >= 11 is 0. The second kappa shape index (κ2) is 11.8. The summed E-state index contributed by atoms with van der Waals surface area (Å²) in [6.07, 6.45) is 3.50. The minimum absolute atomic E-state index is 0.121. The predicted octanol–water partition coefficient (Wildman–Crippen LogP) is 5.11. The molecule has 216 valence electrons. The van der Waals surface area contributed by atoms with Gasteiger partial charge in [0.1, 0.15) is 5.52 Å². The normalized spacial score (nSPS) is 16.3. The van der Waals surface area contributed by atoms with E-state index in [1.54, 1.807) is 59.6 Å². The molecule has 6 rings (SSSR count). The molecule has 5 aromatic rings. The number of aromatic nitrogens is 2. The molecule has 2 N–H and O–H groups in total. The molecular weight excluding hydrogens is 546 g/mol. The maximum absolute atomic E-state index is 13.2. The lowest BCUT2D eigenvalue weighted by Crippen LogP contribution is -2.29. The maximum atomic E-state index is 13.2. The first-order valence-corrected chi connectivity index (χ1v) is 13.9. The number of anilines is 3. The Balaban J connectivity index is 1.12. The van der Waals surface area contributed by atoms with Gasteiger partial charge in [-0.25, -0.2) is 0 Å². The molecule has 3 aromatic carbocycles. The smallest absolute Gasteiger partial charge is 0.308 e. The van der Waals surface area contributed by atoms with Crippen molar-refractivity contribution in [2.24, 2.45) is 5.92 Å². The van der Waals surface area contributed by atoms with Crippen LogP contribution in [0.5, 0.6) is 0 Å². The molecule has 0 saturated carbocycles. The zero-order chi connectivity index (χ0) is 29.9. The Morgan fingerprint density at radius 2 is 1.79 bits per heavy atom. The number of fused-ring (bicyclic) bond motifs is 1. The van der Waals surface area contributed by atoms with Crippen LogP contribution in [0.4, 0.5) is 17.4 Å². The monoisotopic (exact) mass is 575 g/mol. The first kappa shape index (κ1) is 27.6. The van der Waals surface area contributed by atoms with Crippen molar-refractivity contribution in [2.75, 3.05) is 30.4 Å². The van der Waals surface area contributed by atoms with Gasteiger partial charge in [-0.15, -0.1) is 0 Å². The van der Waals surface area contributed by atoms with Crippen LogP contribution >= 0.6 is 0 Å². The number of carbonyl (C=O) groups is 3. The highest BCUT2D eigenvalue weighted by atomic mass is 16.4. The molecule has 3 heterocycles. The van der Waals surface area contributed by atoms with Crippen molar-refractivity contribution in [1.82, 2.24) is 14.9 Å². The molecule has 0 bridgehead atoms. The first-order valence-electron chi connectivity index (χ1n) is 13.9. The Hall–Kier alpha value is -5.51. The number of nitrogens with zero attached hydrogens (tertiary/aromatic N) is 4. The molecule has 0 spiro atoms. The van der Waals surface area contributed by atoms with E-state index in [4.69, 9.17) is 4.42 Å². The number of amides is 2. The van der Waals surface area contributed by atoms with Gasteiger partial charge in [-0.2, -0.15) is 4.98 Å². The number of carbonyl (C=O) groups excluding carboxylic acids is 2. The number of rotatable bonds is 8. The van der Waals surface area contributed by atoms with Crippen molar-refractivity contribution in [2.45, 2.75) is 12.3 Å². The number of hydrogen-bond donors (Lipinski definition) is 2. The number of benzene rings is 3. The van der Waals surface area contributed by atoms with Gasteiger partial charge in [0, 0.05) is 43.5 Å². The van der Waals surface area contributed by atoms with Crippen LogP contribution in [0.2, 0.25) is 0 Å².